The van der Waals surface area contributed by atoms with Crippen molar-refractivity contribution in [2.45, 2.75) is 138 Å². The summed E-state index contributed by atoms with van der Waals surface area (Å²) in [5, 5.41) is 5.80. The number of nitrogens with one attached hydrogen (secondary N) is 2. The maximum absolute atomic E-state index is 14.5. The first-order chi connectivity index (χ1) is 19.0. The largest absolute Gasteiger partial charge is 0.444 e. The highest BCUT2D eigenvalue weighted by molar-refractivity contribution is 5.93. The first-order valence-electron chi connectivity index (χ1n) is 14.9. The maximum Gasteiger partial charge on any atom is 0.408 e. The van der Waals surface area contributed by atoms with Crippen LogP contribution in [0.5, 0.6) is 0 Å². The Morgan fingerprint density at radius 1 is 0.927 bits per heavy atom. The minimum absolute atomic E-state index is 0.0197. The number of rotatable bonds is 15. The van der Waals surface area contributed by atoms with Gasteiger partial charge >= 0.3 is 6.09 Å². The Morgan fingerprint density at radius 2 is 1.51 bits per heavy atom. The van der Waals surface area contributed by atoms with Crippen molar-refractivity contribution < 1.29 is 23.9 Å². The molecule has 9 nitrogen and oxygen atoms in total. The molecule has 0 aliphatic heterocycles. The summed E-state index contributed by atoms with van der Waals surface area (Å²) in [4.78, 5) is 54.8. The minimum atomic E-state index is -1.12. The molecule has 4 N–H and O–H groups in total. The number of nitrogens with zero attached hydrogens (tertiary/aromatic N) is 1. The number of aryl methyl sites for hydroxylation is 2. The van der Waals surface area contributed by atoms with Gasteiger partial charge in [0.05, 0.1) is 0 Å². The molecule has 0 radical (unpaired) electrons. The fourth-order valence-corrected chi connectivity index (χ4v) is 4.97. The van der Waals surface area contributed by atoms with Gasteiger partial charge in [0.15, 0.2) is 0 Å². The lowest BCUT2D eigenvalue weighted by Crippen LogP contribution is -2.56. The van der Waals surface area contributed by atoms with Crippen molar-refractivity contribution in [2.75, 3.05) is 0 Å². The third-order valence-electron chi connectivity index (χ3n) is 7.01. The summed E-state index contributed by atoms with van der Waals surface area (Å²) in [7, 11) is 0. The molecule has 4 atom stereocenters. The summed E-state index contributed by atoms with van der Waals surface area (Å²) >= 11 is 0. The van der Waals surface area contributed by atoms with Crippen molar-refractivity contribution in [1.82, 2.24) is 15.5 Å². The van der Waals surface area contributed by atoms with Crippen molar-refractivity contribution in [3.63, 3.8) is 0 Å². The zero-order chi connectivity index (χ0) is 31.5. The summed E-state index contributed by atoms with van der Waals surface area (Å²) in [6.07, 6.45) is 2.27. The highest BCUT2D eigenvalue weighted by atomic mass is 16.6. The first kappa shape index (κ1) is 35.9. The Bertz CT molecular complexity index is 1010. The smallest absolute Gasteiger partial charge is 0.408 e. The molecule has 0 aliphatic rings. The number of nitrogens with two attached hydrogens (primary N) is 1. The highest BCUT2D eigenvalue weighted by Gasteiger charge is 2.40. The van der Waals surface area contributed by atoms with Gasteiger partial charge in [0.2, 0.25) is 17.7 Å². The molecule has 1 aromatic carbocycles. The van der Waals surface area contributed by atoms with E-state index in [9.17, 15) is 19.2 Å². The van der Waals surface area contributed by atoms with E-state index >= 15 is 0 Å². The summed E-state index contributed by atoms with van der Waals surface area (Å²) < 4.78 is 5.44. The highest BCUT2D eigenvalue weighted by Crippen LogP contribution is 2.32. The monoisotopic (exact) mass is 574 g/mol. The number of primary amides is 1. The number of alkyl carbamates (subject to hydrolysis) is 1. The molecule has 232 valence electrons. The Morgan fingerprint density at radius 3 is 2.00 bits per heavy atom. The summed E-state index contributed by atoms with van der Waals surface area (Å²) in [5.74, 6) is -0.944. The van der Waals surface area contributed by atoms with E-state index in [0.717, 1.165) is 36.0 Å². The summed E-state index contributed by atoms with van der Waals surface area (Å²) in [6, 6.07) is 3.29. The molecule has 0 aromatic heterocycles. The Labute approximate surface area is 247 Å². The zero-order valence-corrected chi connectivity index (χ0v) is 26.9. The number of hydrogen-bond donors (Lipinski definition) is 3. The molecule has 0 saturated carbocycles. The lowest BCUT2D eigenvalue weighted by Gasteiger charge is -2.40. The van der Waals surface area contributed by atoms with Crippen molar-refractivity contribution in [2.24, 2.45) is 11.7 Å². The molecule has 0 fully saturated rings. The van der Waals surface area contributed by atoms with E-state index in [1.54, 1.807) is 25.7 Å². The van der Waals surface area contributed by atoms with E-state index in [1.807, 2.05) is 45.9 Å². The van der Waals surface area contributed by atoms with Gasteiger partial charge in [0, 0.05) is 18.5 Å². The van der Waals surface area contributed by atoms with Crippen LogP contribution in [-0.2, 0) is 19.1 Å². The number of carbonyl (C=O) groups excluding carboxylic acids is 4. The number of benzene rings is 1. The number of hydrogen-bond acceptors (Lipinski definition) is 5. The van der Waals surface area contributed by atoms with Crippen LogP contribution in [0, 0.1) is 19.8 Å². The average molecular weight is 575 g/mol. The van der Waals surface area contributed by atoms with E-state index in [2.05, 4.69) is 31.4 Å². The second kappa shape index (κ2) is 16.4. The third kappa shape index (κ3) is 12.1. The first-order valence-corrected chi connectivity index (χ1v) is 14.9. The van der Waals surface area contributed by atoms with Crippen molar-refractivity contribution in [1.29, 1.82) is 0 Å². The molecule has 4 unspecified atom stereocenters. The molecular formula is C32H54N4O5. The van der Waals surface area contributed by atoms with Gasteiger partial charge in [-0.05, 0) is 96.8 Å². The number of ether oxygens (including phenoxy) is 1. The zero-order valence-electron chi connectivity index (χ0n) is 26.9. The summed E-state index contributed by atoms with van der Waals surface area (Å²) in [6.45, 7) is 19.2. The van der Waals surface area contributed by atoms with Crippen LogP contribution in [-0.4, -0.2) is 52.4 Å². The SMILES string of the molecule is CCCC(C)NC(=O)C(c1c(C)cccc1C)N(C(=O)C(CCC(N)=O)NC(=O)OC(C)(C)C)C(C)CCC(C)C. The Hall–Kier alpha value is -3.10. The van der Waals surface area contributed by atoms with Crippen molar-refractivity contribution in [3.05, 3.63) is 34.9 Å². The van der Waals surface area contributed by atoms with Gasteiger partial charge in [-0.25, -0.2) is 4.79 Å². The predicted octanol–water partition coefficient (Wildman–Crippen LogP) is 5.46. The molecule has 0 saturated heterocycles. The molecule has 0 spiro atoms. The van der Waals surface area contributed by atoms with Crippen LogP contribution in [0.3, 0.4) is 0 Å². The van der Waals surface area contributed by atoms with E-state index in [0.29, 0.717) is 12.3 Å². The lowest BCUT2D eigenvalue weighted by atomic mass is 9.91. The van der Waals surface area contributed by atoms with Gasteiger partial charge in [-0.2, -0.15) is 0 Å². The van der Waals surface area contributed by atoms with Crippen LogP contribution in [0.15, 0.2) is 18.2 Å². The second-order valence-electron chi connectivity index (χ2n) is 12.7. The molecule has 0 aliphatic carbocycles. The summed E-state index contributed by atoms with van der Waals surface area (Å²) in [5.41, 5.74) is 7.17. The van der Waals surface area contributed by atoms with E-state index in [4.69, 9.17) is 10.5 Å². The van der Waals surface area contributed by atoms with Gasteiger partial charge in [-0.1, -0.05) is 45.4 Å². The molecular weight excluding hydrogens is 520 g/mol. The average Bonchev–Trinajstić information content (AvgIpc) is 2.82. The molecule has 4 amide bonds. The van der Waals surface area contributed by atoms with Crippen LogP contribution < -0.4 is 16.4 Å². The Balaban J connectivity index is 3.76. The third-order valence-corrected chi connectivity index (χ3v) is 7.01. The van der Waals surface area contributed by atoms with Crippen LogP contribution >= 0.6 is 0 Å². The quantitative estimate of drug-likeness (QED) is 0.256. The van der Waals surface area contributed by atoms with Crippen molar-refractivity contribution in [3.8, 4) is 0 Å². The van der Waals surface area contributed by atoms with Crippen LogP contribution in [0.4, 0.5) is 4.79 Å². The minimum Gasteiger partial charge on any atom is -0.444 e. The van der Waals surface area contributed by atoms with E-state index in [1.165, 1.54) is 0 Å². The fraction of sp³-hybridized carbons (Fsp3) is 0.688. The van der Waals surface area contributed by atoms with Crippen molar-refractivity contribution >= 4 is 23.8 Å². The van der Waals surface area contributed by atoms with Gasteiger partial charge in [0.25, 0.3) is 0 Å². The van der Waals surface area contributed by atoms with Gasteiger partial charge < -0.3 is 26.0 Å². The van der Waals surface area contributed by atoms with Gasteiger partial charge in [0.1, 0.15) is 17.7 Å². The topological polar surface area (TPSA) is 131 Å². The number of amides is 4. The molecule has 41 heavy (non-hydrogen) atoms. The fourth-order valence-electron chi connectivity index (χ4n) is 4.97. The second-order valence-corrected chi connectivity index (χ2v) is 12.7. The maximum atomic E-state index is 14.5. The lowest BCUT2D eigenvalue weighted by molar-refractivity contribution is -0.145. The molecule has 9 heteroatoms. The van der Waals surface area contributed by atoms with E-state index < -0.39 is 35.6 Å². The predicted molar refractivity (Wildman–Crippen MR) is 163 cm³/mol. The normalized spacial score (nSPS) is 14.5. The van der Waals surface area contributed by atoms with Crippen LogP contribution in [0.1, 0.15) is 117 Å². The van der Waals surface area contributed by atoms with Gasteiger partial charge in [-0.3, -0.25) is 14.4 Å². The van der Waals surface area contributed by atoms with Crippen LogP contribution in [0.2, 0.25) is 0 Å². The molecule has 1 rings (SSSR count). The molecule has 0 heterocycles. The Kier molecular flexibility index (Phi) is 14.3. The molecule has 0 bridgehead atoms. The number of carbonyl (C=O) groups is 4. The van der Waals surface area contributed by atoms with Crippen LogP contribution in [0.25, 0.3) is 0 Å². The standard InChI is InChI=1S/C32H54N4O5/c1-11-13-23(6)34-29(38)28(27-21(4)14-12-15-22(27)5)36(24(7)17-16-20(2)3)30(39)25(18-19-26(33)37)35-31(40)41-32(8,9)10/h12,14-15,20,23-25,28H,11,13,16-19H2,1-10H3,(H2,33,37)(H,34,38)(H,35,40). The van der Waals surface area contributed by atoms with E-state index in [-0.39, 0.29) is 30.8 Å². The molecule has 1 aromatic rings. The van der Waals surface area contributed by atoms with Gasteiger partial charge in [-0.15, -0.1) is 0 Å².